The second-order valence-electron chi connectivity index (χ2n) is 4.53. The Hall–Kier alpha value is -2.11. The molecule has 2 heterocycles. The quantitative estimate of drug-likeness (QED) is 0.860. The number of carboxylic acids is 1. The summed E-state index contributed by atoms with van der Waals surface area (Å²) in [5.74, 6) is -0.965. The molecule has 102 valence electrons. The highest BCUT2D eigenvalue weighted by Gasteiger charge is 2.24. The minimum atomic E-state index is -0.965. The number of fused-ring (bicyclic) bond motifs is 1. The molecule has 1 aromatic heterocycles. The minimum Gasteiger partial charge on any atom is -0.478 e. The van der Waals surface area contributed by atoms with E-state index in [-0.39, 0.29) is 11.6 Å². The van der Waals surface area contributed by atoms with Crippen LogP contribution in [0.1, 0.15) is 34.8 Å². The zero-order chi connectivity index (χ0) is 13.8. The molecule has 6 heteroatoms. The van der Waals surface area contributed by atoms with E-state index in [1.54, 1.807) is 11.1 Å². The van der Waals surface area contributed by atoms with Gasteiger partial charge in [0.1, 0.15) is 0 Å². The fourth-order valence-corrected chi connectivity index (χ4v) is 2.19. The highest BCUT2D eigenvalue weighted by atomic mass is 16.4. The summed E-state index contributed by atoms with van der Waals surface area (Å²) in [7, 11) is 0. The Morgan fingerprint density at radius 1 is 1.47 bits per heavy atom. The highest BCUT2D eigenvalue weighted by molar-refractivity contribution is 5.89. The van der Waals surface area contributed by atoms with Gasteiger partial charge < -0.3 is 15.3 Å². The van der Waals surface area contributed by atoms with Gasteiger partial charge in [-0.2, -0.15) is 0 Å². The molecule has 0 atom stereocenters. The molecule has 6 nitrogen and oxygen atoms in total. The van der Waals surface area contributed by atoms with Gasteiger partial charge in [0, 0.05) is 32.0 Å². The molecule has 0 aromatic carbocycles. The van der Waals surface area contributed by atoms with Gasteiger partial charge in [0.15, 0.2) is 0 Å². The molecule has 2 N–H and O–H groups in total. The molecule has 19 heavy (non-hydrogen) atoms. The maximum Gasteiger partial charge on any atom is 0.337 e. The molecule has 2 amide bonds. The number of carbonyl (C=O) groups is 2. The van der Waals surface area contributed by atoms with Crippen LogP contribution in [0.4, 0.5) is 4.79 Å². The molecule has 0 bridgehead atoms. The summed E-state index contributed by atoms with van der Waals surface area (Å²) in [6.07, 6.45) is 4.45. The number of hydrogen-bond acceptors (Lipinski definition) is 3. The Morgan fingerprint density at radius 3 is 2.95 bits per heavy atom. The average molecular weight is 263 g/mol. The Balaban J connectivity index is 2.14. The van der Waals surface area contributed by atoms with Gasteiger partial charge in [0.05, 0.1) is 5.56 Å². The van der Waals surface area contributed by atoms with E-state index in [0.717, 1.165) is 17.5 Å². The summed E-state index contributed by atoms with van der Waals surface area (Å²) in [6, 6.07) is -0.103. The van der Waals surface area contributed by atoms with Crippen LogP contribution < -0.4 is 5.32 Å². The van der Waals surface area contributed by atoms with E-state index in [0.29, 0.717) is 26.1 Å². The number of nitrogens with zero attached hydrogens (tertiary/aromatic N) is 2. The molecule has 0 saturated heterocycles. The summed E-state index contributed by atoms with van der Waals surface area (Å²) in [4.78, 5) is 28.6. The van der Waals surface area contributed by atoms with E-state index in [2.05, 4.69) is 10.3 Å². The van der Waals surface area contributed by atoms with Crippen LogP contribution in [0.3, 0.4) is 0 Å². The number of pyridine rings is 1. The lowest BCUT2D eigenvalue weighted by Gasteiger charge is -2.29. The molecule has 2 rings (SSSR count). The molecule has 0 spiro atoms. The van der Waals surface area contributed by atoms with E-state index >= 15 is 0 Å². The van der Waals surface area contributed by atoms with Crippen LogP contribution in [0.25, 0.3) is 0 Å². The van der Waals surface area contributed by atoms with Gasteiger partial charge in [-0.05, 0) is 24.0 Å². The summed E-state index contributed by atoms with van der Waals surface area (Å²) in [5, 5.41) is 11.9. The lowest BCUT2D eigenvalue weighted by molar-refractivity contribution is 0.0694. The molecule has 0 fully saturated rings. The SMILES string of the molecule is CCCNC(=O)N1CCc2c(cncc2C(=O)O)C1. The molecule has 0 saturated carbocycles. The van der Waals surface area contributed by atoms with Crippen molar-refractivity contribution in [1.29, 1.82) is 0 Å². The molecule has 1 aliphatic rings. The van der Waals surface area contributed by atoms with Gasteiger partial charge in [-0.3, -0.25) is 4.98 Å². The van der Waals surface area contributed by atoms with Crippen LogP contribution in [-0.2, 0) is 13.0 Å². The van der Waals surface area contributed by atoms with Crippen LogP contribution in [0.5, 0.6) is 0 Å². The Kier molecular flexibility index (Phi) is 3.99. The van der Waals surface area contributed by atoms with Crippen molar-refractivity contribution in [1.82, 2.24) is 15.2 Å². The summed E-state index contributed by atoms with van der Waals surface area (Å²) in [5.41, 5.74) is 1.85. The van der Waals surface area contributed by atoms with Crippen molar-refractivity contribution < 1.29 is 14.7 Å². The third-order valence-electron chi connectivity index (χ3n) is 3.18. The molecule has 1 aromatic rings. The molecule has 0 radical (unpaired) electrons. The van der Waals surface area contributed by atoms with Crippen molar-refractivity contribution in [2.75, 3.05) is 13.1 Å². The van der Waals surface area contributed by atoms with Gasteiger partial charge in [0.25, 0.3) is 0 Å². The topological polar surface area (TPSA) is 82.5 Å². The van der Waals surface area contributed by atoms with Crippen molar-refractivity contribution in [3.05, 3.63) is 29.1 Å². The second kappa shape index (κ2) is 5.69. The van der Waals surface area contributed by atoms with Crippen LogP contribution in [0.15, 0.2) is 12.4 Å². The van der Waals surface area contributed by atoms with Crippen LogP contribution >= 0.6 is 0 Å². The van der Waals surface area contributed by atoms with Crippen molar-refractivity contribution >= 4 is 12.0 Å². The number of carboxylic acid groups (broad SMARTS) is 1. The van der Waals surface area contributed by atoms with E-state index in [9.17, 15) is 9.59 Å². The monoisotopic (exact) mass is 263 g/mol. The number of urea groups is 1. The maximum atomic E-state index is 11.9. The van der Waals surface area contributed by atoms with E-state index < -0.39 is 5.97 Å². The maximum absolute atomic E-state index is 11.9. The first kappa shape index (κ1) is 13.3. The standard InChI is InChI=1S/C13H17N3O3/c1-2-4-15-13(19)16-5-3-10-9(8-16)6-14-7-11(10)12(17)18/h6-7H,2-5,8H2,1H3,(H,15,19)(H,17,18). The fourth-order valence-electron chi connectivity index (χ4n) is 2.19. The first-order chi connectivity index (χ1) is 9.13. The van der Waals surface area contributed by atoms with Crippen molar-refractivity contribution in [3.8, 4) is 0 Å². The van der Waals surface area contributed by atoms with Gasteiger partial charge in [0.2, 0.25) is 0 Å². The number of aromatic carboxylic acids is 1. The zero-order valence-electron chi connectivity index (χ0n) is 10.8. The van der Waals surface area contributed by atoms with E-state index in [4.69, 9.17) is 5.11 Å². The molecular formula is C13H17N3O3. The number of nitrogens with one attached hydrogen (secondary N) is 1. The summed E-state index contributed by atoms with van der Waals surface area (Å²) in [6.45, 7) is 3.59. The second-order valence-corrected chi connectivity index (χ2v) is 4.53. The Morgan fingerprint density at radius 2 is 2.26 bits per heavy atom. The number of rotatable bonds is 3. The van der Waals surface area contributed by atoms with Crippen LogP contribution in [0, 0.1) is 0 Å². The molecule has 1 aliphatic heterocycles. The number of amides is 2. The predicted octanol–water partition coefficient (Wildman–Crippen LogP) is 1.26. The first-order valence-corrected chi connectivity index (χ1v) is 6.35. The van der Waals surface area contributed by atoms with Gasteiger partial charge >= 0.3 is 12.0 Å². The van der Waals surface area contributed by atoms with Gasteiger partial charge in [-0.1, -0.05) is 6.92 Å². The van der Waals surface area contributed by atoms with Gasteiger partial charge in [-0.25, -0.2) is 9.59 Å². The molecule has 0 aliphatic carbocycles. The summed E-state index contributed by atoms with van der Waals surface area (Å²) >= 11 is 0. The van der Waals surface area contributed by atoms with Crippen molar-refractivity contribution in [3.63, 3.8) is 0 Å². The third-order valence-corrected chi connectivity index (χ3v) is 3.18. The lowest BCUT2D eigenvalue weighted by Crippen LogP contribution is -2.43. The largest absolute Gasteiger partial charge is 0.478 e. The molecule has 0 unspecified atom stereocenters. The number of hydrogen-bond donors (Lipinski definition) is 2. The highest BCUT2D eigenvalue weighted by Crippen LogP contribution is 2.21. The predicted molar refractivity (Wildman–Crippen MR) is 69.0 cm³/mol. The fraction of sp³-hybridized carbons (Fsp3) is 0.462. The molecular weight excluding hydrogens is 246 g/mol. The zero-order valence-corrected chi connectivity index (χ0v) is 10.8. The normalized spacial score (nSPS) is 13.8. The van der Waals surface area contributed by atoms with E-state index in [1.807, 2.05) is 6.92 Å². The van der Waals surface area contributed by atoms with E-state index in [1.165, 1.54) is 6.20 Å². The minimum absolute atomic E-state index is 0.103. The van der Waals surface area contributed by atoms with Crippen molar-refractivity contribution in [2.45, 2.75) is 26.3 Å². The Bertz CT molecular complexity index is 502. The van der Waals surface area contributed by atoms with Crippen LogP contribution in [-0.4, -0.2) is 40.1 Å². The smallest absolute Gasteiger partial charge is 0.337 e. The Labute approximate surface area is 111 Å². The number of carbonyl (C=O) groups excluding carboxylic acids is 1. The lowest BCUT2D eigenvalue weighted by atomic mass is 9.97. The summed E-state index contributed by atoms with van der Waals surface area (Å²) < 4.78 is 0. The number of aromatic nitrogens is 1. The van der Waals surface area contributed by atoms with Crippen molar-refractivity contribution in [2.24, 2.45) is 0 Å². The first-order valence-electron chi connectivity index (χ1n) is 6.35. The van der Waals surface area contributed by atoms with Crippen LogP contribution in [0.2, 0.25) is 0 Å². The third kappa shape index (κ3) is 2.83. The average Bonchev–Trinajstić information content (AvgIpc) is 2.43. The van der Waals surface area contributed by atoms with Gasteiger partial charge in [-0.15, -0.1) is 0 Å².